The summed E-state index contributed by atoms with van der Waals surface area (Å²) in [6.07, 6.45) is -1.05. The number of rotatable bonds is 3. The zero-order valence-electron chi connectivity index (χ0n) is 12.0. The van der Waals surface area contributed by atoms with E-state index in [2.05, 4.69) is 16.0 Å². The van der Waals surface area contributed by atoms with E-state index >= 15 is 0 Å². The molecule has 0 saturated carbocycles. The van der Waals surface area contributed by atoms with Crippen molar-refractivity contribution in [2.24, 2.45) is 0 Å². The lowest BCUT2D eigenvalue weighted by Crippen LogP contribution is -2.57. The number of carbonyl (C=O) groups excluding carboxylic acids is 1. The highest BCUT2D eigenvalue weighted by molar-refractivity contribution is 7.80. The molecule has 1 rings (SSSR count). The van der Waals surface area contributed by atoms with E-state index in [9.17, 15) is 4.79 Å². The second-order valence-corrected chi connectivity index (χ2v) is 8.14. The van der Waals surface area contributed by atoms with Crippen LogP contribution in [0.3, 0.4) is 0 Å². The normalized spacial score (nSPS) is 12.3. The van der Waals surface area contributed by atoms with Gasteiger partial charge >= 0.3 is 6.03 Å². The number of hydrogen-bond acceptors (Lipinski definition) is 2. The fourth-order valence-electron chi connectivity index (χ4n) is 1.32. The van der Waals surface area contributed by atoms with Crippen LogP contribution in [0.1, 0.15) is 0 Å². The molecule has 0 spiro atoms. The van der Waals surface area contributed by atoms with Gasteiger partial charge in [-0.15, -0.1) is 0 Å². The Morgan fingerprint density at radius 3 is 2.26 bits per heavy atom. The van der Waals surface area contributed by atoms with Crippen LogP contribution in [0.5, 0.6) is 0 Å². The van der Waals surface area contributed by atoms with Crippen molar-refractivity contribution in [1.29, 1.82) is 0 Å². The molecule has 0 bridgehead atoms. The molecule has 3 N–H and O–H groups in total. The highest BCUT2D eigenvalue weighted by Crippen LogP contribution is 2.29. The predicted molar refractivity (Wildman–Crippen MR) is 102 cm³/mol. The van der Waals surface area contributed by atoms with Gasteiger partial charge in [0.25, 0.3) is 0 Å². The average Bonchev–Trinajstić information content (AvgIpc) is 2.40. The second-order valence-electron chi connectivity index (χ2n) is 4.55. The second kappa shape index (κ2) is 8.65. The van der Waals surface area contributed by atoms with Crippen LogP contribution >= 0.6 is 70.2 Å². The maximum Gasteiger partial charge on any atom is 0.318 e. The lowest BCUT2D eigenvalue weighted by molar-refractivity contribution is 0.212. The highest BCUT2D eigenvalue weighted by atomic mass is 35.6. The van der Waals surface area contributed by atoms with E-state index in [1.807, 2.05) is 0 Å². The van der Waals surface area contributed by atoms with Gasteiger partial charge in [0.1, 0.15) is 0 Å². The van der Waals surface area contributed by atoms with Crippen molar-refractivity contribution < 1.29 is 4.79 Å². The molecule has 0 aromatic heterocycles. The molecule has 2 amide bonds. The zero-order valence-corrected chi connectivity index (χ0v) is 16.6. The molecule has 0 heterocycles. The van der Waals surface area contributed by atoms with Crippen LogP contribution in [0, 0.1) is 0 Å². The summed E-state index contributed by atoms with van der Waals surface area (Å²) in [5, 5.41) is 8.96. The van der Waals surface area contributed by atoms with E-state index in [0.29, 0.717) is 15.7 Å². The molecular weight excluding hydrogens is 425 g/mol. The monoisotopic (exact) mass is 436 g/mol. The largest absolute Gasteiger partial charge is 0.339 e. The van der Waals surface area contributed by atoms with Gasteiger partial charge in [-0.1, -0.05) is 58.0 Å². The molecule has 0 aliphatic carbocycles. The van der Waals surface area contributed by atoms with Crippen LogP contribution in [-0.2, 0) is 0 Å². The summed E-state index contributed by atoms with van der Waals surface area (Å²) in [5.74, 6) is 0. The highest BCUT2D eigenvalue weighted by Gasteiger charge is 2.35. The minimum absolute atomic E-state index is 0.124. The standard InChI is InChI=1S/C12H13Cl5N4OS/c1-21(2)11(22)20-9(12(15,16)17)19-10(23)18-6-3-4-7(13)8(14)5-6/h3-5,9H,1-2H3,(H,20,22)(H2,18,19,23)/t9-/m0/s1. The fourth-order valence-corrected chi connectivity index (χ4v) is 2.19. The molecule has 0 radical (unpaired) electrons. The van der Waals surface area contributed by atoms with Gasteiger partial charge in [-0.25, -0.2) is 4.79 Å². The van der Waals surface area contributed by atoms with Crippen LogP contribution in [0.2, 0.25) is 10.0 Å². The van der Waals surface area contributed by atoms with E-state index < -0.39 is 16.0 Å². The molecule has 0 aliphatic heterocycles. The number of carbonyl (C=O) groups is 1. The molecular formula is C12H13Cl5N4OS. The first-order valence-corrected chi connectivity index (χ1v) is 8.37. The van der Waals surface area contributed by atoms with Gasteiger partial charge in [0, 0.05) is 19.8 Å². The van der Waals surface area contributed by atoms with Crippen molar-refractivity contribution >= 4 is 87.1 Å². The van der Waals surface area contributed by atoms with Gasteiger partial charge in [-0.05, 0) is 30.4 Å². The van der Waals surface area contributed by atoms with Crippen LogP contribution in [0.25, 0.3) is 0 Å². The van der Waals surface area contributed by atoms with Crippen LogP contribution in [0.4, 0.5) is 10.5 Å². The minimum atomic E-state index is -1.82. The molecule has 1 atom stereocenters. The quantitative estimate of drug-likeness (QED) is 0.375. The van der Waals surface area contributed by atoms with Crippen molar-refractivity contribution in [1.82, 2.24) is 15.5 Å². The van der Waals surface area contributed by atoms with Crippen molar-refractivity contribution in [3.8, 4) is 0 Å². The summed E-state index contributed by atoms with van der Waals surface area (Å²) >= 11 is 34.4. The van der Waals surface area contributed by atoms with E-state index in [1.54, 1.807) is 32.3 Å². The van der Waals surface area contributed by atoms with Gasteiger partial charge < -0.3 is 20.9 Å². The molecule has 5 nitrogen and oxygen atoms in total. The number of nitrogens with one attached hydrogen (secondary N) is 3. The summed E-state index contributed by atoms with van der Waals surface area (Å²) in [7, 11) is 3.11. The Morgan fingerprint density at radius 1 is 1.17 bits per heavy atom. The molecule has 128 valence electrons. The smallest absolute Gasteiger partial charge is 0.318 e. The number of benzene rings is 1. The first-order valence-electron chi connectivity index (χ1n) is 6.08. The van der Waals surface area contributed by atoms with Gasteiger partial charge in [0.2, 0.25) is 3.79 Å². The third-order valence-electron chi connectivity index (χ3n) is 2.45. The number of hydrogen-bond donors (Lipinski definition) is 3. The summed E-state index contributed by atoms with van der Waals surface area (Å²) in [6.45, 7) is 0. The number of halogens is 5. The van der Waals surface area contributed by atoms with Gasteiger partial charge in [0.05, 0.1) is 10.0 Å². The Balaban J connectivity index is 2.76. The molecule has 1 aromatic carbocycles. The molecule has 0 aliphatic rings. The Morgan fingerprint density at radius 2 is 1.78 bits per heavy atom. The zero-order chi connectivity index (χ0) is 17.8. The van der Waals surface area contributed by atoms with E-state index in [0.717, 1.165) is 0 Å². The molecule has 0 unspecified atom stereocenters. The number of urea groups is 1. The predicted octanol–water partition coefficient (Wildman–Crippen LogP) is 4.25. The lowest BCUT2D eigenvalue weighted by atomic mass is 10.3. The minimum Gasteiger partial charge on any atom is -0.339 e. The maximum atomic E-state index is 11.7. The number of anilines is 1. The van der Waals surface area contributed by atoms with Crippen LogP contribution in [-0.4, -0.2) is 40.1 Å². The molecule has 11 heteroatoms. The van der Waals surface area contributed by atoms with Crippen molar-refractivity contribution in [2.75, 3.05) is 19.4 Å². The first-order chi connectivity index (χ1) is 10.5. The molecule has 1 aromatic rings. The third kappa shape index (κ3) is 6.95. The molecule has 23 heavy (non-hydrogen) atoms. The number of nitrogens with zero attached hydrogens (tertiary/aromatic N) is 1. The number of alkyl halides is 3. The van der Waals surface area contributed by atoms with E-state index in [4.69, 9.17) is 70.2 Å². The van der Waals surface area contributed by atoms with Crippen molar-refractivity contribution in [3.63, 3.8) is 0 Å². The summed E-state index contributed by atoms with van der Waals surface area (Å²) in [4.78, 5) is 13.0. The summed E-state index contributed by atoms with van der Waals surface area (Å²) in [5.41, 5.74) is 0.582. The van der Waals surface area contributed by atoms with Gasteiger partial charge in [0.15, 0.2) is 11.3 Å². The first kappa shape index (κ1) is 20.7. The Bertz CT molecular complexity index is 593. The SMILES string of the molecule is CN(C)C(=O)N[C@H](NC(=S)Nc1ccc(Cl)c(Cl)c1)C(Cl)(Cl)Cl. The number of thiocarbonyl (C=S) groups is 1. The maximum absolute atomic E-state index is 11.7. The Labute approximate surface area is 164 Å². The van der Waals surface area contributed by atoms with Crippen molar-refractivity contribution in [3.05, 3.63) is 28.2 Å². The van der Waals surface area contributed by atoms with E-state index in [-0.39, 0.29) is 5.11 Å². The van der Waals surface area contributed by atoms with E-state index in [1.165, 1.54) is 4.90 Å². The molecule has 0 saturated heterocycles. The summed E-state index contributed by atoms with van der Waals surface area (Å²) < 4.78 is -1.82. The average molecular weight is 439 g/mol. The molecule has 0 fully saturated rings. The fraction of sp³-hybridized carbons (Fsp3) is 0.333. The Kier molecular flexibility index (Phi) is 7.77. The third-order valence-corrected chi connectivity index (χ3v) is 4.07. The van der Waals surface area contributed by atoms with Crippen LogP contribution < -0.4 is 16.0 Å². The number of amides is 2. The van der Waals surface area contributed by atoms with Crippen LogP contribution in [0.15, 0.2) is 18.2 Å². The summed E-state index contributed by atoms with van der Waals surface area (Å²) in [6, 6.07) is 4.41. The van der Waals surface area contributed by atoms with Gasteiger partial charge in [-0.2, -0.15) is 0 Å². The van der Waals surface area contributed by atoms with Crippen molar-refractivity contribution in [2.45, 2.75) is 9.96 Å². The van der Waals surface area contributed by atoms with Gasteiger partial charge in [-0.3, -0.25) is 0 Å². The Hall–Kier alpha value is -0.370. The topological polar surface area (TPSA) is 56.4 Å². The lowest BCUT2D eigenvalue weighted by Gasteiger charge is -2.28.